The molecule has 1 heterocycles. The van der Waals surface area contributed by atoms with E-state index in [9.17, 15) is 0 Å². The normalized spacial score (nSPS) is 10.2. The first-order valence-corrected chi connectivity index (χ1v) is 5.74. The fraction of sp³-hybridized carbons (Fsp3) is 0.167. The molecule has 2 rings (SSSR count). The number of hydrogen-bond acceptors (Lipinski definition) is 3. The first-order valence-electron chi connectivity index (χ1n) is 4.95. The Morgan fingerprint density at radius 1 is 1.19 bits per heavy atom. The van der Waals surface area contributed by atoms with Crippen LogP contribution in [0.3, 0.4) is 0 Å². The molecule has 1 aromatic heterocycles. The van der Waals surface area contributed by atoms with Crippen LogP contribution in [0.1, 0.15) is 5.56 Å². The van der Waals surface area contributed by atoms with E-state index in [0.717, 1.165) is 10.2 Å². The Morgan fingerprint density at radius 2 is 1.88 bits per heavy atom. The van der Waals surface area contributed by atoms with E-state index in [2.05, 4.69) is 45.0 Å². The minimum absolute atomic E-state index is 0.689. The topological polar surface area (TPSA) is 29.0 Å². The van der Waals surface area contributed by atoms with Crippen molar-refractivity contribution in [2.24, 2.45) is 0 Å². The molecule has 0 fully saturated rings. The van der Waals surface area contributed by atoms with Crippen LogP contribution >= 0.6 is 15.9 Å². The van der Waals surface area contributed by atoms with Gasteiger partial charge in [0.1, 0.15) is 0 Å². The molecule has 0 aliphatic carbocycles. The first kappa shape index (κ1) is 11.1. The molecular formula is C12H12BrN3. The lowest BCUT2D eigenvalue weighted by atomic mass is 10.2. The summed E-state index contributed by atoms with van der Waals surface area (Å²) < 4.78 is 0.883. The van der Waals surface area contributed by atoms with Gasteiger partial charge < -0.3 is 4.90 Å². The van der Waals surface area contributed by atoms with Crippen LogP contribution in [0.15, 0.2) is 41.1 Å². The van der Waals surface area contributed by atoms with E-state index in [1.54, 1.807) is 12.4 Å². The van der Waals surface area contributed by atoms with Crippen LogP contribution in [0, 0.1) is 6.92 Å². The van der Waals surface area contributed by atoms with Gasteiger partial charge in [0, 0.05) is 25.1 Å². The average Bonchev–Trinajstić information content (AvgIpc) is 2.29. The molecule has 0 aliphatic rings. The Kier molecular flexibility index (Phi) is 3.19. The van der Waals surface area contributed by atoms with Crippen LogP contribution in [-0.4, -0.2) is 17.0 Å². The molecule has 0 saturated heterocycles. The summed E-state index contributed by atoms with van der Waals surface area (Å²) >= 11 is 3.32. The van der Waals surface area contributed by atoms with Crippen LogP contribution in [0.25, 0.3) is 0 Å². The van der Waals surface area contributed by atoms with Crippen molar-refractivity contribution in [2.45, 2.75) is 6.92 Å². The van der Waals surface area contributed by atoms with Gasteiger partial charge in [-0.1, -0.05) is 12.1 Å². The quantitative estimate of drug-likeness (QED) is 0.843. The molecule has 0 atom stereocenters. The van der Waals surface area contributed by atoms with Crippen molar-refractivity contribution in [1.29, 1.82) is 0 Å². The smallest absolute Gasteiger partial charge is 0.229 e. The number of hydrogen-bond donors (Lipinski definition) is 0. The third-order valence-electron chi connectivity index (χ3n) is 2.30. The molecule has 0 radical (unpaired) electrons. The average molecular weight is 278 g/mol. The summed E-state index contributed by atoms with van der Waals surface area (Å²) in [6, 6.07) is 8.24. The summed E-state index contributed by atoms with van der Waals surface area (Å²) in [5, 5.41) is 0. The molecule has 0 aliphatic heterocycles. The Hall–Kier alpha value is -1.42. The fourth-order valence-corrected chi connectivity index (χ4v) is 1.64. The van der Waals surface area contributed by atoms with Gasteiger partial charge in [0.05, 0.1) is 4.47 Å². The van der Waals surface area contributed by atoms with Gasteiger partial charge in [0.2, 0.25) is 5.95 Å². The Bertz CT molecular complexity index is 482. The number of aromatic nitrogens is 2. The van der Waals surface area contributed by atoms with E-state index >= 15 is 0 Å². The zero-order valence-corrected chi connectivity index (χ0v) is 10.8. The molecule has 2 aromatic rings. The molecule has 1 aromatic carbocycles. The van der Waals surface area contributed by atoms with Crippen LogP contribution in [-0.2, 0) is 0 Å². The van der Waals surface area contributed by atoms with Crippen molar-refractivity contribution in [2.75, 3.05) is 11.9 Å². The van der Waals surface area contributed by atoms with Crippen molar-refractivity contribution in [3.63, 3.8) is 0 Å². The zero-order chi connectivity index (χ0) is 11.5. The second-order valence-corrected chi connectivity index (χ2v) is 4.51. The molecule has 0 unspecified atom stereocenters. The van der Waals surface area contributed by atoms with Gasteiger partial charge in [-0.25, -0.2) is 9.97 Å². The van der Waals surface area contributed by atoms with Gasteiger partial charge in [-0.3, -0.25) is 0 Å². The van der Waals surface area contributed by atoms with Crippen molar-refractivity contribution in [3.05, 3.63) is 46.7 Å². The van der Waals surface area contributed by atoms with Crippen molar-refractivity contribution in [1.82, 2.24) is 9.97 Å². The molecule has 82 valence electrons. The minimum atomic E-state index is 0.689. The first-order chi connectivity index (χ1) is 7.66. The van der Waals surface area contributed by atoms with E-state index in [4.69, 9.17) is 0 Å². The monoisotopic (exact) mass is 277 g/mol. The maximum absolute atomic E-state index is 4.25. The van der Waals surface area contributed by atoms with Gasteiger partial charge in [-0.15, -0.1) is 0 Å². The highest BCUT2D eigenvalue weighted by Crippen LogP contribution is 2.21. The van der Waals surface area contributed by atoms with Gasteiger partial charge in [-0.05, 0) is 40.5 Å². The predicted molar refractivity (Wildman–Crippen MR) is 69.0 cm³/mol. The molecule has 3 nitrogen and oxygen atoms in total. The summed E-state index contributed by atoms with van der Waals surface area (Å²) in [7, 11) is 1.96. The lowest BCUT2D eigenvalue weighted by molar-refractivity contribution is 1.03. The lowest BCUT2D eigenvalue weighted by Crippen LogP contribution is -2.12. The number of nitrogens with zero attached hydrogens (tertiary/aromatic N) is 3. The van der Waals surface area contributed by atoms with E-state index in [-0.39, 0.29) is 0 Å². The molecule has 0 saturated carbocycles. The largest absolute Gasteiger partial charge is 0.314 e. The van der Waals surface area contributed by atoms with Gasteiger partial charge in [-0.2, -0.15) is 0 Å². The standard InChI is InChI=1S/C12H12BrN3/c1-9-4-3-5-11(6-9)16(2)12-14-7-10(13)8-15-12/h3-8H,1-2H3. The third-order valence-corrected chi connectivity index (χ3v) is 2.71. The van der Waals surface area contributed by atoms with Crippen LogP contribution < -0.4 is 4.90 Å². The van der Waals surface area contributed by atoms with E-state index < -0.39 is 0 Å². The number of benzene rings is 1. The Labute approximate surface area is 103 Å². The summed E-state index contributed by atoms with van der Waals surface area (Å²) in [6.07, 6.45) is 3.49. The van der Waals surface area contributed by atoms with Gasteiger partial charge >= 0.3 is 0 Å². The molecule has 4 heteroatoms. The molecule has 16 heavy (non-hydrogen) atoms. The molecule has 0 amide bonds. The molecule has 0 N–H and O–H groups in total. The number of aryl methyl sites for hydroxylation is 1. The highest BCUT2D eigenvalue weighted by Gasteiger charge is 2.06. The number of rotatable bonds is 2. The molecule has 0 bridgehead atoms. The second-order valence-electron chi connectivity index (χ2n) is 3.60. The maximum Gasteiger partial charge on any atom is 0.229 e. The van der Waals surface area contributed by atoms with Crippen molar-refractivity contribution in [3.8, 4) is 0 Å². The van der Waals surface area contributed by atoms with E-state index in [1.165, 1.54) is 5.56 Å². The SMILES string of the molecule is Cc1cccc(N(C)c2ncc(Br)cn2)c1. The van der Waals surface area contributed by atoms with Crippen LogP contribution in [0.2, 0.25) is 0 Å². The fourth-order valence-electron chi connectivity index (χ4n) is 1.43. The summed E-state index contributed by atoms with van der Waals surface area (Å²) in [4.78, 5) is 10.5. The van der Waals surface area contributed by atoms with E-state index in [1.807, 2.05) is 24.1 Å². The minimum Gasteiger partial charge on any atom is -0.314 e. The molecular weight excluding hydrogens is 266 g/mol. The summed E-state index contributed by atoms with van der Waals surface area (Å²) in [5.74, 6) is 0.689. The predicted octanol–water partition coefficient (Wildman–Crippen LogP) is 3.32. The van der Waals surface area contributed by atoms with Crippen molar-refractivity contribution < 1.29 is 0 Å². The van der Waals surface area contributed by atoms with Crippen molar-refractivity contribution >= 4 is 27.6 Å². The Morgan fingerprint density at radius 3 is 2.50 bits per heavy atom. The number of halogens is 1. The zero-order valence-electron chi connectivity index (χ0n) is 9.18. The number of anilines is 2. The van der Waals surface area contributed by atoms with Crippen LogP contribution in [0.5, 0.6) is 0 Å². The second kappa shape index (κ2) is 4.61. The Balaban J connectivity index is 2.31. The summed E-state index contributed by atoms with van der Waals surface area (Å²) in [5.41, 5.74) is 2.31. The maximum atomic E-state index is 4.25. The van der Waals surface area contributed by atoms with Gasteiger partial charge in [0.25, 0.3) is 0 Å². The van der Waals surface area contributed by atoms with Gasteiger partial charge in [0.15, 0.2) is 0 Å². The lowest BCUT2D eigenvalue weighted by Gasteiger charge is -2.17. The van der Waals surface area contributed by atoms with Crippen LogP contribution in [0.4, 0.5) is 11.6 Å². The highest BCUT2D eigenvalue weighted by molar-refractivity contribution is 9.10. The highest BCUT2D eigenvalue weighted by atomic mass is 79.9. The summed E-state index contributed by atoms with van der Waals surface area (Å²) in [6.45, 7) is 2.07. The molecule has 0 spiro atoms. The third kappa shape index (κ3) is 2.39. The van der Waals surface area contributed by atoms with E-state index in [0.29, 0.717) is 5.95 Å².